The van der Waals surface area contributed by atoms with Crippen LogP contribution in [0.3, 0.4) is 0 Å². The SMILES string of the molecule is C=CCOc1ccccc1CNC(=O)[C@H]1CC[C@@H](C(=O)O)C1. The lowest BCUT2D eigenvalue weighted by Gasteiger charge is -2.13. The summed E-state index contributed by atoms with van der Waals surface area (Å²) < 4.78 is 5.55. The molecule has 22 heavy (non-hydrogen) atoms. The summed E-state index contributed by atoms with van der Waals surface area (Å²) in [5.74, 6) is -0.764. The number of benzene rings is 1. The molecule has 1 aromatic carbocycles. The van der Waals surface area contributed by atoms with Crippen molar-refractivity contribution in [3.05, 3.63) is 42.5 Å². The number of ether oxygens (including phenoxy) is 1. The number of amides is 1. The van der Waals surface area contributed by atoms with Gasteiger partial charge in [0.2, 0.25) is 5.91 Å². The molecule has 0 unspecified atom stereocenters. The van der Waals surface area contributed by atoms with Gasteiger partial charge in [-0.3, -0.25) is 9.59 Å². The van der Waals surface area contributed by atoms with Crippen molar-refractivity contribution in [2.24, 2.45) is 11.8 Å². The Kier molecular flexibility index (Phi) is 5.58. The topological polar surface area (TPSA) is 75.6 Å². The van der Waals surface area contributed by atoms with Crippen LogP contribution in [0.15, 0.2) is 36.9 Å². The van der Waals surface area contributed by atoms with Crippen LogP contribution in [0.4, 0.5) is 0 Å². The van der Waals surface area contributed by atoms with Gasteiger partial charge in [0, 0.05) is 18.0 Å². The monoisotopic (exact) mass is 303 g/mol. The van der Waals surface area contributed by atoms with E-state index in [2.05, 4.69) is 11.9 Å². The fraction of sp³-hybridized carbons (Fsp3) is 0.412. The van der Waals surface area contributed by atoms with Crippen molar-refractivity contribution in [3.63, 3.8) is 0 Å². The number of carboxylic acid groups (broad SMARTS) is 1. The maximum Gasteiger partial charge on any atom is 0.306 e. The molecule has 1 aliphatic rings. The highest BCUT2D eigenvalue weighted by atomic mass is 16.5. The Morgan fingerprint density at radius 3 is 2.73 bits per heavy atom. The molecule has 2 rings (SSSR count). The quantitative estimate of drug-likeness (QED) is 0.758. The highest BCUT2D eigenvalue weighted by Gasteiger charge is 2.33. The number of carbonyl (C=O) groups is 2. The van der Waals surface area contributed by atoms with Gasteiger partial charge in [-0.25, -0.2) is 0 Å². The number of para-hydroxylation sites is 1. The maximum atomic E-state index is 12.2. The van der Waals surface area contributed by atoms with Crippen LogP contribution >= 0.6 is 0 Å². The Morgan fingerprint density at radius 1 is 1.32 bits per heavy atom. The lowest BCUT2D eigenvalue weighted by Crippen LogP contribution is -2.29. The van der Waals surface area contributed by atoms with Crippen LogP contribution in [0.25, 0.3) is 0 Å². The number of carboxylic acids is 1. The van der Waals surface area contributed by atoms with Crippen LogP contribution in [0.2, 0.25) is 0 Å². The predicted octanol–water partition coefficient (Wildman–Crippen LogP) is 2.37. The first-order valence-electron chi connectivity index (χ1n) is 7.44. The number of nitrogens with one attached hydrogen (secondary N) is 1. The molecule has 0 saturated heterocycles. The summed E-state index contributed by atoms with van der Waals surface area (Å²) in [5, 5.41) is 11.9. The van der Waals surface area contributed by atoms with Gasteiger partial charge in [0.15, 0.2) is 0 Å². The molecule has 1 aromatic rings. The van der Waals surface area contributed by atoms with E-state index in [1.54, 1.807) is 6.08 Å². The first kappa shape index (κ1) is 16.1. The average Bonchev–Trinajstić information content (AvgIpc) is 3.01. The molecule has 0 radical (unpaired) electrons. The molecule has 5 nitrogen and oxygen atoms in total. The summed E-state index contributed by atoms with van der Waals surface area (Å²) in [7, 11) is 0. The summed E-state index contributed by atoms with van der Waals surface area (Å²) in [6.07, 6.45) is 3.31. The summed E-state index contributed by atoms with van der Waals surface area (Å²) in [4.78, 5) is 23.1. The molecule has 0 bridgehead atoms. The van der Waals surface area contributed by atoms with Gasteiger partial charge in [0.05, 0.1) is 5.92 Å². The normalized spacial score (nSPS) is 20.4. The Bertz CT molecular complexity index is 555. The molecule has 2 N–H and O–H groups in total. The van der Waals surface area contributed by atoms with Crippen molar-refractivity contribution in [3.8, 4) is 5.75 Å². The first-order valence-corrected chi connectivity index (χ1v) is 7.44. The zero-order chi connectivity index (χ0) is 15.9. The minimum atomic E-state index is -0.807. The molecule has 1 fully saturated rings. The number of hydrogen-bond donors (Lipinski definition) is 2. The van der Waals surface area contributed by atoms with E-state index in [9.17, 15) is 9.59 Å². The fourth-order valence-electron chi connectivity index (χ4n) is 2.71. The lowest BCUT2D eigenvalue weighted by molar-refractivity contribution is -0.141. The van der Waals surface area contributed by atoms with Gasteiger partial charge >= 0.3 is 5.97 Å². The van der Waals surface area contributed by atoms with Gasteiger partial charge in [0.25, 0.3) is 0 Å². The third-order valence-corrected chi connectivity index (χ3v) is 3.94. The van der Waals surface area contributed by atoms with Gasteiger partial charge in [0.1, 0.15) is 12.4 Å². The smallest absolute Gasteiger partial charge is 0.306 e. The lowest BCUT2D eigenvalue weighted by atomic mass is 10.0. The van der Waals surface area contributed by atoms with Crippen LogP contribution in [-0.4, -0.2) is 23.6 Å². The van der Waals surface area contributed by atoms with E-state index in [4.69, 9.17) is 9.84 Å². The zero-order valence-corrected chi connectivity index (χ0v) is 12.5. The van der Waals surface area contributed by atoms with Crippen molar-refractivity contribution in [2.75, 3.05) is 6.61 Å². The van der Waals surface area contributed by atoms with E-state index in [0.717, 1.165) is 11.3 Å². The molecule has 1 aliphatic carbocycles. The summed E-state index contributed by atoms with van der Waals surface area (Å²) in [6.45, 7) is 4.40. The minimum Gasteiger partial charge on any atom is -0.489 e. The highest BCUT2D eigenvalue weighted by molar-refractivity contribution is 5.80. The van der Waals surface area contributed by atoms with Crippen molar-refractivity contribution >= 4 is 11.9 Å². The predicted molar refractivity (Wildman–Crippen MR) is 82.4 cm³/mol. The maximum absolute atomic E-state index is 12.2. The second-order valence-corrected chi connectivity index (χ2v) is 5.47. The Balaban J connectivity index is 1.89. The number of hydrogen-bond acceptors (Lipinski definition) is 3. The summed E-state index contributed by atoms with van der Waals surface area (Å²) in [6, 6.07) is 7.50. The molecular formula is C17H21NO4. The number of aliphatic carboxylic acids is 1. The average molecular weight is 303 g/mol. The van der Waals surface area contributed by atoms with E-state index in [1.807, 2.05) is 24.3 Å². The van der Waals surface area contributed by atoms with Gasteiger partial charge in [-0.1, -0.05) is 30.9 Å². The van der Waals surface area contributed by atoms with Crippen LogP contribution in [0.1, 0.15) is 24.8 Å². The third-order valence-electron chi connectivity index (χ3n) is 3.94. The molecule has 1 saturated carbocycles. The van der Waals surface area contributed by atoms with Crippen molar-refractivity contribution in [1.29, 1.82) is 0 Å². The summed E-state index contributed by atoms with van der Waals surface area (Å²) in [5.41, 5.74) is 0.894. The van der Waals surface area contributed by atoms with Crippen LogP contribution < -0.4 is 10.1 Å². The molecule has 5 heteroatoms. The van der Waals surface area contributed by atoms with Gasteiger partial charge in [-0.05, 0) is 25.3 Å². The zero-order valence-electron chi connectivity index (χ0n) is 12.5. The Labute approximate surface area is 130 Å². The Hall–Kier alpha value is -2.30. The van der Waals surface area contributed by atoms with E-state index in [0.29, 0.717) is 32.4 Å². The standard InChI is InChI=1S/C17H21NO4/c1-2-9-22-15-6-4-3-5-14(15)11-18-16(19)12-7-8-13(10-12)17(20)21/h2-6,12-13H,1,7-11H2,(H,18,19)(H,20,21)/t12-,13+/m0/s1. The molecule has 2 atom stereocenters. The van der Waals surface area contributed by atoms with E-state index < -0.39 is 5.97 Å². The molecule has 0 spiro atoms. The molecular weight excluding hydrogens is 282 g/mol. The molecule has 0 heterocycles. The second-order valence-electron chi connectivity index (χ2n) is 5.47. The summed E-state index contributed by atoms with van der Waals surface area (Å²) >= 11 is 0. The van der Waals surface area contributed by atoms with Gasteiger partial charge < -0.3 is 15.2 Å². The number of rotatable bonds is 7. The van der Waals surface area contributed by atoms with Gasteiger partial charge in [-0.15, -0.1) is 0 Å². The van der Waals surface area contributed by atoms with Crippen molar-refractivity contribution in [1.82, 2.24) is 5.32 Å². The minimum absolute atomic E-state index is 0.0812. The first-order chi connectivity index (χ1) is 10.6. The largest absolute Gasteiger partial charge is 0.489 e. The van der Waals surface area contributed by atoms with Crippen LogP contribution in [-0.2, 0) is 16.1 Å². The fourth-order valence-corrected chi connectivity index (χ4v) is 2.71. The van der Waals surface area contributed by atoms with Crippen LogP contribution in [0.5, 0.6) is 5.75 Å². The van der Waals surface area contributed by atoms with E-state index in [-0.39, 0.29) is 17.7 Å². The Morgan fingerprint density at radius 2 is 2.05 bits per heavy atom. The van der Waals surface area contributed by atoms with E-state index in [1.165, 1.54) is 0 Å². The highest BCUT2D eigenvalue weighted by Crippen LogP contribution is 2.31. The van der Waals surface area contributed by atoms with Gasteiger partial charge in [-0.2, -0.15) is 0 Å². The van der Waals surface area contributed by atoms with Crippen LogP contribution in [0, 0.1) is 11.8 Å². The molecule has 0 aromatic heterocycles. The third kappa shape index (κ3) is 4.10. The van der Waals surface area contributed by atoms with Crippen molar-refractivity contribution in [2.45, 2.75) is 25.8 Å². The second kappa shape index (κ2) is 7.64. The molecule has 118 valence electrons. The van der Waals surface area contributed by atoms with Crippen molar-refractivity contribution < 1.29 is 19.4 Å². The molecule has 1 amide bonds. The van der Waals surface area contributed by atoms with E-state index >= 15 is 0 Å². The number of carbonyl (C=O) groups excluding carboxylic acids is 1. The molecule has 0 aliphatic heterocycles.